The van der Waals surface area contributed by atoms with Crippen LogP contribution in [0.4, 0.5) is 4.79 Å². The average Bonchev–Trinajstić information content (AvgIpc) is 2.14. The van der Waals surface area contributed by atoms with E-state index in [1.165, 1.54) is 11.9 Å². The highest BCUT2D eigenvalue weighted by atomic mass is 32.2. The van der Waals surface area contributed by atoms with Crippen LogP contribution in [0.3, 0.4) is 0 Å². The molecule has 0 aliphatic rings. The Morgan fingerprint density at radius 1 is 1.41 bits per heavy atom. The van der Waals surface area contributed by atoms with Crippen molar-refractivity contribution >= 4 is 23.8 Å². The molecule has 0 saturated heterocycles. The SMILES string of the molecule is CSCC[C@@H](C(N)=O)N(C)C(=O)OC(C)(C)C. The molecule has 1 atom stereocenters. The number of carbonyl (C=O) groups excluding carboxylic acids is 2. The summed E-state index contributed by atoms with van der Waals surface area (Å²) < 4.78 is 5.18. The number of thioether (sulfide) groups is 1. The number of ether oxygens (including phenoxy) is 1. The Balaban J connectivity index is 4.55. The van der Waals surface area contributed by atoms with Crippen LogP contribution in [-0.4, -0.2) is 47.6 Å². The predicted octanol–water partition coefficient (Wildman–Crippen LogP) is 1.46. The van der Waals surface area contributed by atoms with Crippen molar-refractivity contribution in [2.24, 2.45) is 5.73 Å². The Morgan fingerprint density at radius 3 is 2.29 bits per heavy atom. The second kappa shape index (κ2) is 6.74. The summed E-state index contributed by atoms with van der Waals surface area (Å²) in [6.07, 6.45) is 1.94. The van der Waals surface area contributed by atoms with Gasteiger partial charge in [0.25, 0.3) is 0 Å². The van der Waals surface area contributed by atoms with Crippen LogP contribution in [0.1, 0.15) is 27.2 Å². The summed E-state index contributed by atoms with van der Waals surface area (Å²) in [5, 5.41) is 0. The molecule has 0 aromatic rings. The van der Waals surface area contributed by atoms with Crippen molar-refractivity contribution in [3.63, 3.8) is 0 Å². The van der Waals surface area contributed by atoms with Crippen molar-refractivity contribution in [3.8, 4) is 0 Å². The molecule has 0 aliphatic carbocycles. The van der Waals surface area contributed by atoms with Gasteiger partial charge in [0.05, 0.1) is 0 Å². The van der Waals surface area contributed by atoms with E-state index in [9.17, 15) is 9.59 Å². The van der Waals surface area contributed by atoms with Gasteiger partial charge in [0.2, 0.25) is 5.91 Å². The van der Waals surface area contributed by atoms with Gasteiger partial charge in [-0.3, -0.25) is 9.69 Å². The minimum absolute atomic E-state index is 0.507. The summed E-state index contributed by atoms with van der Waals surface area (Å²) in [6.45, 7) is 5.33. The third kappa shape index (κ3) is 6.41. The first-order valence-electron chi connectivity index (χ1n) is 5.43. The molecule has 2 amide bonds. The van der Waals surface area contributed by atoms with Gasteiger partial charge in [-0.15, -0.1) is 0 Å². The Labute approximate surface area is 107 Å². The second-order valence-electron chi connectivity index (χ2n) is 4.79. The van der Waals surface area contributed by atoms with Crippen LogP contribution in [-0.2, 0) is 9.53 Å². The van der Waals surface area contributed by atoms with Crippen LogP contribution in [0.5, 0.6) is 0 Å². The third-order valence-corrected chi connectivity index (χ3v) is 2.72. The smallest absolute Gasteiger partial charge is 0.410 e. The molecule has 6 heteroatoms. The lowest BCUT2D eigenvalue weighted by Gasteiger charge is -2.28. The number of hydrogen-bond donors (Lipinski definition) is 1. The highest BCUT2D eigenvalue weighted by Gasteiger charge is 2.28. The molecule has 0 aromatic heterocycles. The van der Waals surface area contributed by atoms with E-state index in [0.29, 0.717) is 6.42 Å². The molecule has 0 rings (SSSR count). The number of amides is 2. The Kier molecular flexibility index (Phi) is 6.37. The standard InChI is InChI=1S/C11H22N2O3S/c1-11(2,3)16-10(15)13(4)8(9(12)14)6-7-17-5/h8H,6-7H2,1-5H3,(H2,12,14)/t8-/m0/s1. The summed E-state index contributed by atoms with van der Waals surface area (Å²) in [7, 11) is 1.53. The first kappa shape index (κ1) is 16.1. The summed E-state index contributed by atoms with van der Waals surface area (Å²) in [5.41, 5.74) is 4.71. The molecule has 0 unspecified atom stereocenters. The molecule has 0 bridgehead atoms. The second-order valence-corrected chi connectivity index (χ2v) is 5.78. The van der Waals surface area contributed by atoms with Gasteiger partial charge in [-0.2, -0.15) is 11.8 Å². The number of likely N-dealkylation sites (N-methyl/N-ethyl adjacent to an activating group) is 1. The minimum Gasteiger partial charge on any atom is -0.444 e. The molecule has 0 saturated carbocycles. The third-order valence-electron chi connectivity index (χ3n) is 2.07. The van der Waals surface area contributed by atoms with E-state index >= 15 is 0 Å². The summed E-state index contributed by atoms with van der Waals surface area (Å²) >= 11 is 1.60. The van der Waals surface area contributed by atoms with Crippen LogP contribution in [0.2, 0.25) is 0 Å². The van der Waals surface area contributed by atoms with Crippen molar-refractivity contribution in [2.75, 3.05) is 19.1 Å². The van der Waals surface area contributed by atoms with Crippen LogP contribution in [0, 0.1) is 0 Å². The van der Waals surface area contributed by atoms with E-state index in [2.05, 4.69) is 0 Å². The number of rotatable bonds is 5. The van der Waals surface area contributed by atoms with Gasteiger partial charge in [0, 0.05) is 7.05 Å². The van der Waals surface area contributed by atoms with Gasteiger partial charge in [-0.25, -0.2) is 4.79 Å². The molecule has 0 aromatic carbocycles. The fraction of sp³-hybridized carbons (Fsp3) is 0.818. The molecule has 0 spiro atoms. The monoisotopic (exact) mass is 262 g/mol. The molecule has 0 heterocycles. The van der Waals surface area contributed by atoms with Gasteiger partial charge < -0.3 is 10.5 Å². The van der Waals surface area contributed by atoms with E-state index in [4.69, 9.17) is 10.5 Å². The number of nitrogens with zero attached hydrogens (tertiary/aromatic N) is 1. The summed E-state index contributed by atoms with van der Waals surface area (Å²) in [5.74, 6) is 0.258. The van der Waals surface area contributed by atoms with E-state index < -0.39 is 23.6 Å². The van der Waals surface area contributed by atoms with Crippen molar-refractivity contribution in [1.29, 1.82) is 0 Å². The zero-order chi connectivity index (χ0) is 13.6. The van der Waals surface area contributed by atoms with E-state index in [1.54, 1.807) is 32.5 Å². The first-order valence-corrected chi connectivity index (χ1v) is 6.82. The highest BCUT2D eigenvalue weighted by molar-refractivity contribution is 7.98. The Morgan fingerprint density at radius 2 is 1.94 bits per heavy atom. The molecular formula is C11H22N2O3S. The maximum absolute atomic E-state index is 11.8. The van der Waals surface area contributed by atoms with E-state index in [-0.39, 0.29) is 0 Å². The van der Waals surface area contributed by atoms with Crippen molar-refractivity contribution in [2.45, 2.75) is 38.8 Å². The van der Waals surface area contributed by atoms with Gasteiger partial charge in [-0.05, 0) is 39.2 Å². The van der Waals surface area contributed by atoms with Crippen molar-refractivity contribution < 1.29 is 14.3 Å². The molecule has 0 aliphatic heterocycles. The number of nitrogens with two attached hydrogens (primary N) is 1. The maximum Gasteiger partial charge on any atom is 0.410 e. The quantitative estimate of drug-likeness (QED) is 0.814. The van der Waals surface area contributed by atoms with E-state index in [1.807, 2.05) is 6.26 Å². The van der Waals surface area contributed by atoms with E-state index in [0.717, 1.165) is 5.75 Å². The molecule has 0 fully saturated rings. The molecule has 17 heavy (non-hydrogen) atoms. The summed E-state index contributed by atoms with van der Waals surface area (Å²) in [6, 6.07) is -0.614. The van der Waals surface area contributed by atoms with Gasteiger partial charge >= 0.3 is 6.09 Å². The lowest BCUT2D eigenvalue weighted by molar-refractivity contribution is -0.122. The van der Waals surface area contributed by atoms with Gasteiger partial charge in [0.1, 0.15) is 11.6 Å². The largest absolute Gasteiger partial charge is 0.444 e. The fourth-order valence-corrected chi connectivity index (χ4v) is 1.68. The first-order chi connectivity index (χ1) is 7.69. The number of hydrogen-bond acceptors (Lipinski definition) is 4. The van der Waals surface area contributed by atoms with Gasteiger partial charge in [0.15, 0.2) is 0 Å². The normalized spacial score (nSPS) is 13.0. The molecule has 5 nitrogen and oxygen atoms in total. The van der Waals surface area contributed by atoms with Crippen LogP contribution >= 0.6 is 11.8 Å². The average molecular weight is 262 g/mol. The predicted molar refractivity (Wildman–Crippen MR) is 70.0 cm³/mol. The number of carbonyl (C=O) groups is 2. The van der Waals surface area contributed by atoms with Crippen LogP contribution < -0.4 is 5.73 Å². The summed E-state index contributed by atoms with van der Waals surface area (Å²) in [4.78, 5) is 24.3. The molecule has 2 N–H and O–H groups in total. The van der Waals surface area contributed by atoms with Crippen molar-refractivity contribution in [1.82, 2.24) is 4.90 Å². The van der Waals surface area contributed by atoms with Gasteiger partial charge in [-0.1, -0.05) is 0 Å². The maximum atomic E-state index is 11.8. The minimum atomic E-state index is -0.614. The van der Waals surface area contributed by atoms with Crippen LogP contribution in [0.25, 0.3) is 0 Å². The molecule has 0 radical (unpaired) electrons. The number of primary amides is 1. The topological polar surface area (TPSA) is 72.6 Å². The zero-order valence-electron chi connectivity index (χ0n) is 11.1. The lowest BCUT2D eigenvalue weighted by atomic mass is 10.2. The molecular weight excluding hydrogens is 240 g/mol. The zero-order valence-corrected chi connectivity index (χ0v) is 12.0. The van der Waals surface area contributed by atoms with Crippen LogP contribution in [0.15, 0.2) is 0 Å². The molecule has 100 valence electrons. The highest BCUT2D eigenvalue weighted by Crippen LogP contribution is 2.13. The Bertz CT molecular complexity index is 276. The fourth-order valence-electron chi connectivity index (χ4n) is 1.22. The van der Waals surface area contributed by atoms with Crippen molar-refractivity contribution in [3.05, 3.63) is 0 Å². The Hall–Kier alpha value is -0.910. The lowest BCUT2D eigenvalue weighted by Crippen LogP contribution is -2.47.